The molecule has 0 aliphatic carbocycles. The fraction of sp³-hybridized carbons (Fsp3) is 0.194. The quantitative estimate of drug-likeness (QED) is 0.247. The second kappa shape index (κ2) is 7.34. The minimum atomic E-state index is -0.175. The third-order valence-electron chi connectivity index (χ3n) is 8.18. The molecule has 0 saturated carbocycles. The van der Waals surface area contributed by atoms with Gasteiger partial charge in [-0.2, -0.15) is 0 Å². The van der Waals surface area contributed by atoms with Gasteiger partial charge in [-0.25, -0.2) is 4.98 Å². The molecule has 1 fully saturated rings. The Balaban J connectivity index is 1.29. The summed E-state index contributed by atoms with van der Waals surface area (Å²) in [7, 11) is 0. The minimum Gasteiger partial charge on any atom is -0.456 e. The lowest BCUT2D eigenvalue weighted by Crippen LogP contribution is -2.66. The standard InChI is InChI=1S/C31H26BNO3/c1-30(2)31(3,4)36-32(30)24-12-8-11-22-23-17-27-25(18-26(23)34-28(22)24)33-29(35-27)21-15-13-20(14-16-21)19-9-6-5-7-10-19/h5-18H,1-4H3. The first-order chi connectivity index (χ1) is 17.3. The van der Waals surface area contributed by atoms with Gasteiger partial charge >= 0.3 is 6.92 Å². The molecule has 0 N–H and O–H groups in total. The van der Waals surface area contributed by atoms with Crippen LogP contribution in [0.4, 0.5) is 0 Å². The van der Waals surface area contributed by atoms with Gasteiger partial charge in [0.25, 0.3) is 0 Å². The van der Waals surface area contributed by atoms with E-state index in [1.54, 1.807) is 0 Å². The molecule has 7 rings (SSSR count). The van der Waals surface area contributed by atoms with Gasteiger partial charge < -0.3 is 13.5 Å². The fourth-order valence-electron chi connectivity index (χ4n) is 5.31. The van der Waals surface area contributed by atoms with Crippen LogP contribution in [0, 0.1) is 0 Å². The number of fused-ring (bicyclic) bond motifs is 4. The summed E-state index contributed by atoms with van der Waals surface area (Å²) in [5.74, 6) is 0.606. The fourth-order valence-corrected chi connectivity index (χ4v) is 5.31. The maximum Gasteiger partial charge on any atom is 0.339 e. The van der Waals surface area contributed by atoms with Crippen LogP contribution in [0.5, 0.6) is 0 Å². The highest BCUT2D eigenvalue weighted by molar-refractivity contribution is 6.75. The Hall–Kier alpha value is -3.83. The summed E-state index contributed by atoms with van der Waals surface area (Å²) in [6, 6.07) is 29.0. The van der Waals surface area contributed by atoms with E-state index in [4.69, 9.17) is 18.5 Å². The molecule has 0 radical (unpaired) electrons. The molecular formula is C31H26BNO3. The minimum absolute atomic E-state index is 0.000378. The molecule has 0 spiro atoms. The van der Waals surface area contributed by atoms with E-state index in [9.17, 15) is 0 Å². The highest BCUT2D eigenvalue weighted by atomic mass is 16.5. The zero-order valence-electron chi connectivity index (χ0n) is 20.8. The van der Waals surface area contributed by atoms with Gasteiger partial charge in [0.1, 0.15) is 16.7 Å². The van der Waals surface area contributed by atoms with Gasteiger partial charge in [-0.15, -0.1) is 0 Å². The number of nitrogens with zero attached hydrogens (tertiary/aromatic N) is 1. The molecule has 1 aliphatic heterocycles. The average molecular weight is 471 g/mol. The summed E-state index contributed by atoms with van der Waals surface area (Å²) in [6.45, 7) is 8.80. The molecule has 36 heavy (non-hydrogen) atoms. The van der Waals surface area contributed by atoms with Gasteiger partial charge in [0.15, 0.2) is 5.58 Å². The van der Waals surface area contributed by atoms with E-state index in [2.05, 4.69) is 82.3 Å². The van der Waals surface area contributed by atoms with Crippen molar-refractivity contribution < 1.29 is 13.5 Å². The molecule has 176 valence electrons. The van der Waals surface area contributed by atoms with Gasteiger partial charge in [-0.05, 0) is 48.6 Å². The second-order valence-electron chi connectivity index (χ2n) is 10.8. The molecule has 1 aliphatic rings. The van der Waals surface area contributed by atoms with Crippen molar-refractivity contribution in [2.45, 2.75) is 38.6 Å². The van der Waals surface area contributed by atoms with Gasteiger partial charge in [-0.1, -0.05) is 74.5 Å². The SMILES string of the molecule is CC1(C)OB(c2cccc3c2oc2cc4nc(-c5ccc(-c6ccccc6)cc5)oc4cc23)C1(C)C. The van der Waals surface area contributed by atoms with Crippen molar-refractivity contribution in [3.63, 3.8) is 0 Å². The zero-order valence-corrected chi connectivity index (χ0v) is 20.8. The van der Waals surface area contributed by atoms with Crippen molar-refractivity contribution in [3.8, 4) is 22.6 Å². The third kappa shape index (κ3) is 3.02. The molecule has 1 saturated heterocycles. The van der Waals surface area contributed by atoms with Crippen molar-refractivity contribution in [1.29, 1.82) is 0 Å². The monoisotopic (exact) mass is 471 g/mol. The number of rotatable bonds is 3. The first-order valence-electron chi connectivity index (χ1n) is 12.4. The Labute approximate surface area is 210 Å². The zero-order chi connectivity index (χ0) is 24.7. The van der Waals surface area contributed by atoms with Crippen LogP contribution in [-0.2, 0) is 4.65 Å². The van der Waals surface area contributed by atoms with Gasteiger partial charge in [0.2, 0.25) is 5.89 Å². The third-order valence-corrected chi connectivity index (χ3v) is 8.18. The summed E-state index contributed by atoms with van der Waals surface area (Å²) in [5, 5.41) is 2.09. The Bertz CT molecular complexity index is 1760. The van der Waals surface area contributed by atoms with E-state index < -0.39 is 0 Å². The van der Waals surface area contributed by atoms with Crippen LogP contribution < -0.4 is 5.46 Å². The van der Waals surface area contributed by atoms with Gasteiger partial charge in [0, 0.05) is 33.3 Å². The smallest absolute Gasteiger partial charge is 0.339 e. The van der Waals surface area contributed by atoms with Crippen LogP contribution in [0.3, 0.4) is 0 Å². The van der Waals surface area contributed by atoms with Crippen molar-refractivity contribution >= 4 is 45.4 Å². The maximum absolute atomic E-state index is 6.43. The molecule has 4 aromatic carbocycles. The lowest BCUT2D eigenvalue weighted by molar-refractivity contribution is -0.00933. The van der Waals surface area contributed by atoms with Crippen LogP contribution >= 0.6 is 0 Å². The Morgan fingerprint density at radius 2 is 1.39 bits per heavy atom. The molecule has 4 nitrogen and oxygen atoms in total. The summed E-state index contributed by atoms with van der Waals surface area (Å²) >= 11 is 0. The number of benzene rings is 4. The van der Waals surface area contributed by atoms with Gasteiger partial charge in [0.05, 0.1) is 0 Å². The van der Waals surface area contributed by atoms with Crippen molar-refractivity contribution in [2.75, 3.05) is 0 Å². The molecule has 2 aromatic heterocycles. The highest BCUT2D eigenvalue weighted by Crippen LogP contribution is 2.53. The first kappa shape index (κ1) is 21.5. The van der Waals surface area contributed by atoms with Crippen LogP contribution in [-0.4, -0.2) is 17.5 Å². The summed E-state index contributed by atoms with van der Waals surface area (Å²) in [6.07, 6.45) is 0. The number of oxazole rings is 1. The normalized spacial score (nSPS) is 16.6. The van der Waals surface area contributed by atoms with E-state index in [-0.39, 0.29) is 17.8 Å². The lowest BCUT2D eigenvalue weighted by atomic mass is 9.33. The first-order valence-corrected chi connectivity index (χ1v) is 12.4. The Morgan fingerprint density at radius 3 is 2.11 bits per heavy atom. The number of aromatic nitrogens is 1. The second-order valence-corrected chi connectivity index (χ2v) is 10.8. The topological polar surface area (TPSA) is 48.4 Å². The van der Waals surface area contributed by atoms with Crippen LogP contribution in [0.1, 0.15) is 27.7 Å². The lowest BCUT2D eigenvalue weighted by Gasteiger charge is -2.56. The molecule has 5 heteroatoms. The van der Waals surface area contributed by atoms with Gasteiger partial charge in [-0.3, -0.25) is 0 Å². The van der Waals surface area contributed by atoms with E-state index in [1.165, 1.54) is 5.56 Å². The maximum atomic E-state index is 6.43. The molecule has 0 atom stereocenters. The van der Waals surface area contributed by atoms with Crippen molar-refractivity contribution in [3.05, 3.63) is 84.9 Å². The predicted octanol–water partition coefficient (Wildman–Crippen LogP) is 7.85. The Kier molecular flexibility index (Phi) is 4.38. The number of para-hydroxylation sites is 1. The van der Waals surface area contributed by atoms with Crippen molar-refractivity contribution in [2.24, 2.45) is 0 Å². The van der Waals surface area contributed by atoms with E-state index in [0.717, 1.165) is 49.6 Å². The largest absolute Gasteiger partial charge is 0.456 e. The number of furan rings is 1. The average Bonchev–Trinajstić information content (AvgIpc) is 3.47. The number of hydrogen-bond acceptors (Lipinski definition) is 4. The van der Waals surface area contributed by atoms with E-state index in [0.29, 0.717) is 5.89 Å². The van der Waals surface area contributed by atoms with Crippen LogP contribution in [0.15, 0.2) is 93.8 Å². The molecule has 0 amide bonds. The highest BCUT2D eigenvalue weighted by Gasteiger charge is 2.60. The van der Waals surface area contributed by atoms with Crippen LogP contribution in [0.2, 0.25) is 5.31 Å². The molecule has 6 aromatic rings. The molecule has 3 heterocycles. The molecule has 0 bridgehead atoms. The summed E-state index contributed by atoms with van der Waals surface area (Å²) < 4.78 is 19.0. The van der Waals surface area contributed by atoms with E-state index >= 15 is 0 Å². The summed E-state index contributed by atoms with van der Waals surface area (Å²) in [5.41, 5.74) is 7.44. The summed E-state index contributed by atoms with van der Waals surface area (Å²) in [4.78, 5) is 4.78. The molecular weight excluding hydrogens is 445 g/mol. The Morgan fingerprint density at radius 1 is 0.667 bits per heavy atom. The van der Waals surface area contributed by atoms with Crippen LogP contribution in [0.25, 0.3) is 55.6 Å². The van der Waals surface area contributed by atoms with Crippen molar-refractivity contribution in [1.82, 2.24) is 4.98 Å². The predicted molar refractivity (Wildman–Crippen MR) is 147 cm³/mol. The number of hydrogen-bond donors (Lipinski definition) is 0. The molecule has 0 unspecified atom stereocenters. The van der Waals surface area contributed by atoms with E-state index in [1.807, 2.05) is 30.3 Å².